The fraction of sp³-hybridized carbons (Fsp3) is 1.00. The number of rotatable bonds is 6. The molecule has 1 rings (SSSR count). The van der Waals surface area contributed by atoms with E-state index in [0.29, 0.717) is 0 Å². The van der Waals surface area contributed by atoms with E-state index in [0.717, 1.165) is 0 Å². The molecule has 3 nitrogen and oxygen atoms in total. The topological polar surface area (TPSA) is 9.72 Å². The van der Waals surface area contributed by atoms with Crippen LogP contribution in [0.5, 0.6) is 0 Å². The van der Waals surface area contributed by atoms with Gasteiger partial charge in [-0.2, -0.15) is 0 Å². The molecule has 1 aliphatic rings. The van der Waals surface area contributed by atoms with Crippen LogP contribution in [0.2, 0.25) is 5.28 Å². The summed E-state index contributed by atoms with van der Waals surface area (Å²) >= 11 is -0.643. The van der Waals surface area contributed by atoms with Crippen LogP contribution in [0.1, 0.15) is 20.3 Å². The lowest BCUT2D eigenvalue weighted by molar-refractivity contribution is 0.252. The number of likely N-dealkylation sites (N-methyl/N-ethyl adjacent to an activating group) is 2. The largest absolute Gasteiger partial charge is 0.388 e. The lowest BCUT2D eigenvalue weighted by Gasteiger charge is -2.38. The highest BCUT2D eigenvalue weighted by molar-refractivity contribution is 6.56. The first-order chi connectivity index (χ1) is 7.67. The molecule has 0 aromatic carbocycles. The molecule has 0 saturated carbocycles. The summed E-state index contributed by atoms with van der Waals surface area (Å²) in [6.45, 7) is 11.0. The number of nitrogens with zero attached hydrogens (tertiary/aromatic N) is 3. The fourth-order valence-corrected chi connectivity index (χ4v) is 6.04. The van der Waals surface area contributed by atoms with Crippen LogP contribution in [0.3, 0.4) is 0 Å². The molecule has 94 valence electrons. The zero-order valence-corrected chi connectivity index (χ0v) is 12.7. The molecule has 0 aromatic heterocycles. The van der Waals surface area contributed by atoms with Crippen LogP contribution in [0, 0.1) is 0 Å². The van der Waals surface area contributed by atoms with E-state index >= 15 is 0 Å². The van der Waals surface area contributed by atoms with Crippen molar-refractivity contribution in [1.29, 1.82) is 0 Å². The second-order valence-corrected chi connectivity index (χ2v) is 8.10. The van der Waals surface area contributed by atoms with Crippen LogP contribution in [0.15, 0.2) is 0 Å². The fourth-order valence-electron chi connectivity index (χ4n) is 2.58. The van der Waals surface area contributed by atoms with Crippen LogP contribution in [0.25, 0.3) is 0 Å². The summed E-state index contributed by atoms with van der Waals surface area (Å²) < 4.78 is 2.79. The zero-order valence-electron chi connectivity index (χ0n) is 11.6. The monoisotopic (exact) mass is 241 g/mol. The first kappa shape index (κ1) is 14.5. The van der Waals surface area contributed by atoms with Gasteiger partial charge in [-0.15, -0.1) is 0 Å². The Labute approximate surface area is 106 Å². The van der Waals surface area contributed by atoms with Crippen LogP contribution < -0.4 is 0 Å². The molecule has 16 heavy (non-hydrogen) atoms. The smallest absolute Gasteiger partial charge is 0.383 e. The molecule has 0 N–H and O–H groups in total. The van der Waals surface area contributed by atoms with Gasteiger partial charge in [0.2, 0.25) is 0 Å². The van der Waals surface area contributed by atoms with Crippen molar-refractivity contribution in [3.8, 4) is 0 Å². The Balaban J connectivity index is 2.33. The second kappa shape index (κ2) is 7.68. The summed E-state index contributed by atoms with van der Waals surface area (Å²) in [5.41, 5.74) is 0. The highest BCUT2D eigenvalue weighted by Crippen LogP contribution is 2.11. The van der Waals surface area contributed by atoms with Crippen molar-refractivity contribution in [1.82, 2.24) is 13.7 Å². The third-order valence-corrected chi connectivity index (χ3v) is 7.35. The van der Waals surface area contributed by atoms with Gasteiger partial charge in [0.25, 0.3) is 0 Å². The van der Waals surface area contributed by atoms with Gasteiger partial charge < -0.3 is 13.7 Å². The predicted molar refractivity (Wildman–Crippen MR) is 73.1 cm³/mol. The summed E-state index contributed by atoms with van der Waals surface area (Å²) in [4.78, 5) is 4.96. The first-order valence-electron chi connectivity index (χ1n) is 6.78. The van der Waals surface area contributed by atoms with E-state index in [1.165, 1.54) is 49.8 Å². The molecule has 1 fully saturated rings. The van der Waals surface area contributed by atoms with Crippen molar-refractivity contribution < 1.29 is 0 Å². The molecule has 0 aliphatic carbocycles. The third-order valence-electron chi connectivity index (χ3n) is 3.68. The van der Waals surface area contributed by atoms with Gasteiger partial charge in [-0.05, 0) is 45.7 Å². The zero-order chi connectivity index (χ0) is 12.0. The minimum Gasteiger partial charge on any atom is -0.383 e. The molecule has 4 heteroatoms. The highest BCUT2D eigenvalue weighted by Gasteiger charge is 2.30. The van der Waals surface area contributed by atoms with Gasteiger partial charge in [0.05, 0.1) is 0 Å². The third kappa shape index (κ3) is 4.73. The van der Waals surface area contributed by atoms with E-state index in [9.17, 15) is 0 Å². The molecule has 0 aromatic rings. The van der Waals surface area contributed by atoms with Gasteiger partial charge in [-0.3, -0.25) is 0 Å². The number of hydrogen-bond acceptors (Lipinski definition) is 3. The van der Waals surface area contributed by atoms with E-state index in [4.69, 9.17) is 0 Å². The minimum atomic E-state index is -0.643. The molecule has 0 radical (unpaired) electrons. The van der Waals surface area contributed by atoms with Gasteiger partial charge in [-0.25, -0.2) is 0 Å². The van der Waals surface area contributed by atoms with Crippen LogP contribution in [-0.4, -0.2) is 80.3 Å². The summed E-state index contributed by atoms with van der Waals surface area (Å²) in [5.74, 6) is 0. The average molecular weight is 241 g/mol. The Hall–Kier alpha value is 0.412. The van der Waals surface area contributed by atoms with Crippen molar-refractivity contribution in [3.05, 3.63) is 0 Å². The Kier molecular flexibility index (Phi) is 6.95. The predicted octanol–water partition coefficient (Wildman–Crippen LogP) is 1.13. The highest BCUT2D eigenvalue weighted by atomic mass is 27.2. The lowest BCUT2D eigenvalue weighted by Crippen LogP contribution is -2.56. The van der Waals surface area contributed by atoms with Gasteiger partial charge >= 0.3 is 14.4 Å². The standard InChI is InChI=1S/C7H16N2.C5H12N.Al/c1-4-8-6-7-9(3)5-2;1-4-5-6(2)3;/h3-7H2,1-2H3;1,4-5H2,2-3H3;/q-1;;+1. The molecular formula is C12H28AlN3. The Morgan fingerprint density at radius 1 is 1.12 bits per heavy atom. The van der Waals surface area contributed by atoms with Crippen molar-refractivity contribution >= 4 is 14.4 Å². The van der Waals surface area contributed by atoms with Crippen molar-refractivity contribution in [2.24, 2.45) is 0 Å². The maximum absolute atomic E-state index is 2.79. The molecule has 1 aliphatic heterocycles. The lowest BCUT2D eigenvalue weighted by atomic mass is 10.4. The molecular weight excluding hydrogens is 213 g/mol. The van der Waals surface area contributed by atoms with E-state index < -0.39 is 14.4 Å². The van der Waals surface area contributed by atoms with Crippen molar-refractivity contribution in [3.63, 3.8) is 0 Å². The van der Waals surface area contributed by atoms with E-state index in [1.54, 1.807) is 0 Å². The maximum Gasteiger partial charge on any atom is 0.388 e. The molecule has 1 saturated heterocycles. The average Bonchev–Trinajstić information content (AvgIpc) is 2.28. The maximum atomic E-state index is 2.79. The van der Waals surface area contributed by atoms with Gasteiger partial charge in [0, 0.05) is 6.54 Å². The van der Waals surface area contributed by atoms with Crippen LogP contribution in [-0.2, 0) is 0 Å². The van der Waals surface area contributed by atoms with Gasteiger partial charge in [0.1, 0.15) is 0 Å². The van der Waals surface area contributed by atoms with E-state index in [1.807, 2.05) is 0 Å². The SMILES string of the molecule is CCN1CC[N](CC)[Al]([CH2]CCN(C)C)[CH2]1. The first-order valence-corrected chi connectivity index (χ1v) is 8.93. The molecule has 1 heterocycles. The molecule has 0 spiro atoms. The van der Waals surface area contributed by atoms with Gasteiger partial charge in [0.15, 0.2) is 0 Å². The summed E-state index contributed by atoms with van der Waals surface area (Å²) in [6, 6.07) is 0. The quantitative estimate of drug-likeness (QED) is 0.645. The Morgan fingerprint density at radius 3 is 2.44 bits per heavy atom. The molecule has 0 bridgehead atoms. The molecule has 0 unspecified atom stereocenters. The van der Waals surface area contributed by atoms with Crippen molar-refractivity contribution in [2.45, 2.75) is 25.6 Å². The minimum absolute atomic E-state index is 0.643. The second-order valence-electron chi connectivity index (χ2n) is 5.12. The van der Waals surface area contributed by atoms with Crippen molar-refractivity contribution in [2.75, 3.05) is 52.2 Å². The summed E-state index contributed by atoms with van der Waals surface area (Å²) in [6.07, 6.45) is 1.39. The normalized spacial score (nSPS) is 19.7. The van der Waals surface area contributed by atoms with E-state index in [2.05, 4.69) is 41.6 Å². The Bertz CT molecular complexity index is 187. The van der Waals surface area contributed by atoms with Crippen LogP contribution >= 0.6 is 0 Å². The molecule has 0 amide bonds. The summed E-state index contributed by atoms with van der Waals surface area (Å²) in [7, 11) is 4.36. The summed E-state index contributed by atoms with van der Waals surface area (Å²) in [5, 5.41) is 2.90. The molecule has 0 atom stereocenters. The van der Waals surface area contributed by atoms with E-state index in [-0.39, 0.29) is 0 Å². The van der Waals surface area contributed by atoms with Gasteiger partial charge in [-0.1, -0.05) is 25.6 Å². The van der Waals surface area contributed by atoms with Crippen LogP contribution in [0.4, 0.5) is 0 Å². The Morgan fingerprint density at radius 2 is 1.88 bits per heavy atom. The number of hydrogen-bond donors (Lipinski definition) is 0.